The van der Waals surface area contributed by atoms with Crippen molar-refractivity contribution in [1.29, 1.82) is 0 Å². The lowest BCUT2D eigenvalue weighted by atomic mass is 10.2. The van der Waals surface area contributed by atoms with Crippen molar-refractivity contribution in [3.63, 3.8) is 0 Å². The number of pyridine rings is 1. The first-order valence-corrected chi connectivity index (χ1v) is 6.98. The molecule has 19 heavy (non-hydrogen) atoms. The molecule has 0 saturated heterocycles. The summed E-state index contributed by atoms with van der Waals surface area (Å²) in [6, 6.07) is 4.69. The van der Waals surface area contributed by atoms with Crippen LogP contribution in [0.1, 0.15) is 39.3 Å². The van der Waals surface area contributed by atoms with Crippen molar-refractivity contribution in [2.45, 2.75) is 51.8 Å². The number of nitrogens with zero attached hydrogens (tertiary/aromatic N) is 1. The van der Waals surface area contributed by atoms with E-state index < -0.39 is 0 Å². The van der Waals surface area contributed by atoms with Gasteiger partial charge in [0.05, 0.1) is 24.1 Å². The molecule has 0 amide bonds. The Morgan fingerprint density at radius 1 is 1.26 bits per heavy atom. The van der Waals surface area contributed by atoms with E-state index in [1.807, 2.05) is 32.9 Å². The molecule has 106 valence electrons. The maximum Gasteiger partial charge on any atom is 0.137 e. The molecular formula is C15H24N2O2. The van der Waals surface area contributed by atoms with Crippen LogP contribution in [0, 0.1) is 0 Å². The van der Waals surface area contributed by atoms with Crippen LogP contribution < -0.4 is 10.1 Å². The minimum Gasteiger partial charge on any atom is -0.490 e. The largest absolute Gasteiger partial charge is 0.490 e. The van der Waals surface area contributed by atoms with Crippen LogP contribution in [-0.4, -0.2) is 29.8 Å². The highest BCUT2D eigenvalue weighted by atomic mass is 16.5. The Morgan fingerprint density at radius 2 is 2.05 bits per heavy atom. The first kappa shape index (κ1) is 14.3. The lowest BCUT2D eigenvalue weighted by molar-refractivity contribution is -0.0163. The molecule has 4 nitrogen and oxygen atoms in total. The van der Waals surface area contributed by atoms with Gasteiger partial charge in [-0.25, -0.2) is 0 Å². The van der Waals surface area contributed by atoms with Gasteiger partial charge < -0.3 is 14.8 Å². The zero-order valence-corrected chi connectivity index (χ0v) is 12.1. The lowest BCUT2D eigenvalue weighted by Crippen LogP contribution is -2.22. The van der Waals surface area contributed by atoms with E-state index in [9.17, 15) is 0 Å². The van der Waals surface area contributed by atoms with Crippen molar-refractivity contribution in [3.05, 3.63) is 24.0 Å². The number of ether oxygens (including phenoxy) is 2. The Hall–Kier alpha value is -1.13. The van der Waals surface area contributed by atoms with Gasteiger partial charge in [0.2, 0.25) is 0 Å². The van der Waals surface area contributed by atoms with Crippen LogP contribution in [0.2, 0.25) is 0 Å². The maximum absolute atomic E-state index is 5.59. The predicted molar refractivity (Wildman–Crippen MR) is 75.3 cm³/mol. The standard InChI is InChI=1S/C15H24N2O2/c1-15(2,3)19-9-8-18-14-7-6-13(17-11-14)10-16-12-4-5-12/h6-7,11-12,16H,4-5,8-10H2,1-3H3. The van der Waals surface area contributed by atoms with E-state index in [1.165, 1.54) is 12.8 Å². The summed E-state index contributed by atoms with van der Waals surface area (Å²) >= 11 is 0. The average Bonchev–Trinajstić information content (AvgIpc) is 3.16. The highest BCUT2D eigenvalue weighted by Gasteiger charge is 2.20. The molecule has 2 rings (SSSR count). The van der Waals surface area contributed by atoms with Gasteiger partial charge in [-0.1, -0.05) is 0 Å². The topological polar surface area (TPSA) is 43.4 Å². The predicted octanol–water partition coefficient (Wildman–Crippen LogP) is 2.53. The van der Waals surface area contributed by atoms with E-state index in [1.54, 1.807) is 6.20 Å². The Kier molecular flexibility index (Phi) is 4.77. The van der Waals surface area contributed by atoms with Gasteiger partial charge in [0.1, 0.15) is 12.4 Å². The van der Waals surface area contributed by atoms with E-state index in [2.05, 4.69) is 10.3 Å². The van der Waals surface area contributed by atoms with Crippen LogP contribution in [0.3, 0.4) is 0 Å². The minimum absolute atomic E-state index is 0.111. The fraction of sp³-hybridized carbons (Fsp3) is 0.667. The minimum atomic E-state index is -0.111. The molecule has 1 heterocycles. The molecule has 1 aliphatic carbocycles. The Morgan fingerprint density at radius 3 is 2.63 bits per heavy atom. The van der Waals surface area contributed by atoms with Crippen molar-refractivity contribution < 1.29 is 9.47 Å². The van der Waals surface area contributed by atoms with E-state index in [0.29, 0.717) is 19.3 Å². The van der Waals surface area contributed by atoms with Gasteiger partial charge in [-0.05, 0) is 45.7 Å². The number of nitrogens with one attached hydrogen (secondary N) is 1. The molecular weight excluding hydrogens is 240 g/mol. The molecule has 0 bridgehead atoms. The summed E-state index contributed by atoms with van der Waals surface area (Å²) in [5.74, 6) is 0.799. The molecule has 1 fully saturated rings. The SMILES string of the molecule is CC(C)(C)OCCOc1ccc(CNC2CC2)nc1. The van der Waals surface area contributed by atoms with Crippen LogP contribution in [0.5, 0.6) is 5.75 Å². The van der Waals surface area contributed by atoms with E-state index >= 15 is 0 Å². The Bertz CT molecular complexity index is 380. The van der Waals surface area contributed by atoms with Crippen LogP contribution in [0.15, 0.2) is 18.3 Å². The molecule has 1 N–H and O–H groups in total. The van der Waals surface area contributed by atoms with Gasteiger partial charge in [-0.2, -0.15) is 0 Å². The molecule has 1 aromatic heterocycles. The molecule has 0 atom stereocenters. The monoisotopic (exact) mass is 264 g/mol. The summed E-state index contributed by atoms with van der Waals surface area (Å²) in [4.78, 5) is 4.38. The third-order valence-electron chi connectivity index (χ3n) is 2.83. The summed E-state index contributed by atoms with van der Waals surface area (Å²) in [7, 11) is 0. The van der Waals surface area contributed by atoms with Gasteiger partial charge in [-0.15, -0.1) is 0 Å². The zero-order chi connectivity index (χ0) is 13.7. The third-order valence-corrected chi connectivity index (χ3v) is 2.83. The van der Waals surface area contributed by atoms with Gasteiger partial charge in [0, 0.05) is 12.6 Å². The van der Waals surface area contributed by atoms with Crippen LogP contribution in [0.25, 0.3) is 0 Å². The molecule has 1 aromatic rings. The molecule has 0 unspecified atom stereocenters. The van der Waals surface area contributed by atoms with Crippen molar-refractivity contribution in [3.8, 4) is 5.75 Å². The van der Waals surface area contributed by atoms with Crippen LogP contribution >= 0.6 is 0 Å². The summed E-state index contributed by atoms with van der Waals surface area (Å²) in [6.45, 7) is 8.11. The Labute approximate surface area is 115 Å². The second kappa shape index (κ2) is 6.35. The van der Waals surface area contributed by atoms with Gasteiger partial charge in [-0.3, -0.25) is 4.98 Å². The number of aromatic nitrogens is 1. The van der Waals surface area contributed by atoms with E-state index in [4.69, 9.17) is 9.47 Å². The number of hydrogen-bond donors (Lipinski definition) is 1. The van der Waals surface area contributed by atoms with E-state index in [-0.39, 0.29) is 5.60 Å². The number of hydrogen-bond acceptors (Lipinski definition) is 4. The first-order chi connectivity index (χ1) is 9.03. The molecule has 1 aliphatic rings. The fourth-order valence-electron chi connectivity index (χ4n) is 1.64. The first-order valence-electron chi connectivity index (χ1n) is 6.98. The molecule has 1 saturated carbocycles. The molecule has 0 aromatic carbocycles. The summed E-state index contributed by atoms with van der Waals surface area (Å²) in [5, 5.41) is 3.44. The summed E-state index contributed by atoms with van der Waals surface area (Å²) in [6.07, 6.45) is 4.38. The van der Waals surface area contributed by atoms with Gasteiger partial charge in [0.25, 0.3) is 0 Å². The number of rotatable bonds is 7. The average molecular weight is 264 g/mol. The smallest absolute Gasteiger partial charge is 0.137 e. The molecule has 0 radical (unpaired) electrons. The Balaban J connectivity index is 1.66. The van der Waals surface area contributed by atoms with Crippen molar-refractivity contribution in [2.24, 2.45) is 0 Å². The highest BCUT2D eigenvalue weighted by Crippen LogP contribution is 2.19. The molecule has 4 heteroatoms. The fourth-order valence-corrected chi connectivity index (χ4v) is 1.64. The lowest BCUT2D eigenvalue weighted by Gasteiger charge is -2.19. The normalized spacial score (nSPS) is 15.5. The maximum atomic E-state index is 5.59. The zero-order valence-electron chi connectivity index (χ0n) is 12.1. The quantitative estimate of drug-likeness (QED) is 0.769. The van der Waals surface area contributed by atoms with Gasteiger partial charge >= 0.3 is 0 Å². The van der Waals surface area contributed by atoms with Crippen molar-refractivity contribution in [2.75, 3.05) is 13.2 Å². The van der Waals surface area contributed by atoms with E-state index in [0.717, 1.165) is 18.0 Å². The highest BCUT2D eigenvalue weighted by molar-refractivity contribution is 5.19. The van der Waals surface area contributed by atoms with Gasteiger partial charge in [0.15, 0.2) is 0 Å². The summed E-state index contributed by atoms with van der Waals surface area (Å²) < 4.78 is 11.2. The van der Waals surface area contributed by atoms with Crippen LogP contribution in [0.4, 0.5) is 0 Å². The van der Waals surface area contributed by atoms with Crippen molar-refractivity contribution >= 4 is 0 Å². The summed E-state index contributed by atoms with van der Waals surface area (Å²) in [5.41, 5.74) is 0.949. The third kappa shape index (κ3) is 6.03. The van der Waals surface area contributed by atoms with Crippen LogP contribution in [-0.2, 0) is 11.3 Å². The van der Waals surface area contributed by atoms with Crippen molar-refractivity contribution in [1.82, 2.24) is 10.3 Å². The molecule has 0 aliphatic heterocycles. The molecule has 0 spiro atoms. The second-order valence-electron chi connectivity index (χ2n) is 5.95. The second-order valence-corrected chi connectivity index (χ2v) is 5.95.